The number of morpholine rings is 1. The number of amides is 1. The molecule has 2 atom stereocenters. The van der Waals surface area contributed by atoms with Crippen LogP contribution in [-0.4, -0.2) is 68.5 Å². The lowest BCUT2D eigenvalue weighted by Crippen LogP contribution is -2.56. The minimum Gasteiger partial charge on any atom is -0.493 e. The fourth-order valence-electron chi connectivity index (χ4n) is 4.31. The highest BCUT2D eigenvalue weighted by molar-refractivity contribution is 6.30. The van der Waals surface area contributed by atoms with Crippen LogP contribution in [0.3, 0.4) is 0 Å². The van der Waals surface area contributed by atoms with Crippen LogP contribution >= 0.6 is 11.6 Å². The zero-order chi connectivity index (χ0) is 24.5. The number of nitrogens with zero attached hydrogens (tertiary/aromatic N) is 4. The van der Waals surface area contributed by atoms with Crippen molar-refractivity contribution in [2.45, 2.75) is 57.8 Å². The molecule has 3 heterocycles. The highest BCUT2D eigenvalue weighted by Crippen LogP contribution is 2.27. The second-order valence-corrected chi connectivity index (χ2v) is 9.90. The number of aryl methyl sites for hydroxylation is 2. The quantitative estimate of drug-likeness (QED) is 0.549. The van der Waals surface area contributed by atoms with Crippen LogP contribution in [0.4, 0.5) is 0 Å². The topological polar surface area (TPSA) is 89.2 Å². The van der Waals surface area contributed by atoms with Gasteiger partial charge in [-0.15, -0.1) is 0 Å². The summed E-state index contributed by atoms with van der Waals surface area (Å²) >= 11 is 6.09. The van der Waals surface area contributed by atoms with Gasteiger partial charge in [0, 0.05) is 24.2 Å². The second kappa shape index (κ2) is 9.90. The molecule has 2 aromatic heterocycles. The fourth-order valence-corrected chi connectivity index (χ4v) is 4.52. The standard InChI is InChI=1S/C25H31ClN4O4/c1-16(31)10-20-14-34-25(2,3)15-29(20)24(32)18-12-21(33-4)23-27-22(28-30(23)13-18)9-8-17-6-5-7-19(26)11-17/h5-7,11-13,16,20,31H,8-10,14-15H2,1-4H3. The molecule has 1 aliphatic heterocycles. The summed E-state index contributed by atoms with van der Waals surface area (Å²) in [5.74, 6) is 0.979. The van der Waals surface area contributed by atoms with Crippen LogP contribution in [0.25, 0.3) is 5.65 Å². The number of fused-ring (bicyclic) bond motifs is 1. The van der Waals surface area contributed by atoms with Crippen LogP contribution in [0.2, 0.25) is 5.02 Å². The Morgan fingerprint density at radius 1 is 1.35 bits per heavy atom. The van der Waals surface area contributed by atoms with Crippen molar-refractivity contribution >= 4 is 23.2 Å². The summed E-state index contributed by atoms with van der Waals surface area (Å²) in [7, 11) is 1.55. The summed E-state index contributed by atoms with van der Waals surface area (Å²) in [5.41, 5.74) is 1.64. The van der Waals surface area contributed by atoms with Crippen LogP contribution in [0.5, 0.6) is 5.75 Å². The Bertz CT molecular complexity index is 1180. The number of aliphatic hydroxyl groups is 1. The van der Waals surface area contributed by atoms with Crippen molar-refractivity contribution in [1.82, 2.24) is 19.5 Å². The second-order valence-electron chi connectivity index (χ2n) is 9.47. The van der Waals surface area contributed by atoms with E-state index in [0.717, 1.165) is 12.0 Å². The van der Waals surface area contributed by atoms with Crippen molar-refractivity contribution in [3.05, 3.63) is 58.5 Å². The van der Waals surface area contributed by atoms with Gasteiger partial charge in [0.25, 0.3) is 5.91 Å². The Hall–Kier alpha value is -2.68. The summed E-state index contributed by atoms with van der Waals surface area (Å²) < 4.78 is 13.1. The van der Waals surface area contributed by atoms with E-state index in [1.807, 2.05) is 38.1 Å². The van der Waals surface area contributed by atoms with Crippen molar-refractivity contribution in [1.29, 1.82) is 0 Å². The van der Waals surface area contributed by atoms with E-state index in [4.69, 9.17) is 21.1 Å². The van der Waals surface area contributed by atoms with E-state index >= 15 is 0 Å². The zero-order valence-corrected chi connectivity index (χ0v) is 20.7. The van der Waals surface area contributed by atoms with Crippen LogP contribution in [0.15, 0.2) is 36.5 Å². The molecule has 8 nitrogen and oxygen atoms in total. The van der Waals surface area contributed by atoms with Gasteiger partial charge in [-0.3, -0.25) is 4.79 Å². The maximum Gasteiger partial charge on any atom is 0.255 e. The number of rotatable bonds is 7. The highest BCUT2D eigenvalue weighted by Gasteiger charge is 2.37. The predicted molar refractivity (Wildman–Crippen MR) is 130 cm³/mol. The average molecular weight is 487 g/mol. The monoisotopic (exact) mass is 486 g/mol. The number of aliphatic hydroxyl groups excluding tert-OH is 1. The molecule has 4 rings (SSSR count). The Morgan fingerprint density at radius 3 is 2.85 bits per heavy atom. The lowest BCUT2D eigenvalue weighted by Gasteiger charge is -2.44. The number of carbonyl (C=O) groups excluding carboxylic acids is 1. The van der Waals surface area contributed by atoms with Crippen LogP contribution < -0.4 is 4.74 Å². The third kappa shape index (κ3) is 5.51. The molecule has 2 unspecified atom stereocenters. The molecule has 0 aliphatic carbocycles. The number of ether oxygens (including phenoxy) is 2. The van der Waals surface area contributed by atoms with Gasteiger partial charge >= 0.3 is 0 Å². The molecule has 3 aromatic rings. The van der Waals surface area contributed by atoms with Crippen molar-refractivity contribution in [2.24, 2.45) is 0 Å². The number of carbonyl (C=O) groups is 1. The SMILES string of the molecule is COc1cc(C(=O)N2CC(C)(C)OCC2CC(C)O)cn2nc(CCc3cccc(Cl)c3)nc12. The van der Waals surface area contributed by atoms with Gasteiger partial charge in [0.2, 0.25) is 0 Å². The van der Waals surface area contributed by atoms with Gasteiger partial charge in [-0.2, -0.15) is 5.10 Å². The van der Waals surface area contributed by atoms with E-state index in [1.165, 1.54) is 0 Å². The van der Waals surface area contributed by atoms with Crippen molar-refractivity contribution < 1.29 is 19.4 Å². The van der Waals surface area contributed by atoms with E-state index in [9.17, 15) is 9.90 Å². The maximum absolute atomic E-state index is 13.6. The number of halogens is 1. The maximum atomic E-state index is 13.6. The summed E-state index contributed by atoms with van der Waals surface area (Å²) in [4.78, 5) is 20.0. The largest absolute Gasteiger partial charge is 0.493 e. The van der Waals surface area contributed by atoms with Crippen molar-refractivity contribution in [3.8, 4) is 5.75 Å². The molecule has 1 saturated heterocycles. The Morgan fingerprint density at radius 2 is 2.15 bits per heavy atom. The van der Waals surface area contributed by atoms with Crippen LogP contribution in [-0.2, 0) is 17.6 Å². The molecule has 0 spiro atoms. The highest BCUT2D eigenvalue weighted by atomic mass is 35.5. The smallest absolute Gasteiger partial charge is 0.255 e. The Kier molecular flexibility index (Phi) is 7.12. The van der Waals surface area contributed by atoms with Gasteiger partial charge in [-0.05, 0) is 57.4 Å². The van der Waals surface area contributed by atoms with E-state index < -0.39 is 11.7 Å². The van der Waals surface area contributed by atoms with Crippen molar-refractivity contribution in [3.63, 3.8) is 0 Å². The molecule has 0 saturated carbocycles. The van der Waals surface area contributed by atoms with Gasteiger partial charge < -0.3 is 19.5 Å². The minimum absolute atomic E-state index is 0.154. The number of methoxy groups -OCH3 is 1. The summed E-state index contributed by atoms with van der Waals surface area (Å²) in [6.07, 6.45) is 2.97. The van der Waals surface area contributed by atoms with E-state index in [1.54, 1.807) is 35.7 Å². The number of aromatic nitrogens is 3. The first-order valence-corrected chi connectivity index (χ1v) is 11.8. The Labute approximate surface area is 204 Å². The molecular weight excluding hydrogens is 456 g/mol. The number of benzene rings is 1. The number of pyridine rings is 1. The zero-order valence-electron chi connectivity index (χ0n) is 20.0. The molecule has 0 radical (unpaired) electrons. The molecular formula is C25H31ClN4O4. The van der Waals surface area contributed by atoms with E-state index in [0.29, 0.717) is 53.8 Å². The molecule has 1 fully saturated rings. The van der Waals surface area contributed by atoms with Gasteiger partial charge in [0.15, 0.2) is 17.2 Å². The normalized spacial score (nSPS) is 18.8. The minimum atomic E-state index is -0.542. The number of hydrogen-bond donors (Lipinski definition) is 1. The summed E-state index contributed by atoms with van der Waals surface area (Å²) in [5, 5.41) is 15.2. The van der Waals surface area contributed by atoms with Crippen LogP contribution in [0.1, 0.15) is 48.9 Å². The number of hydrogen-bond acceptors (Lipinski definition) is 6. The van der Waals surface area contributed by atoms with Crippen LogP contribution in [0, 0.1) is 0 Å². The third-order valence-corrected chi connectivity index (χ3v) is 6.20. The van der Waals surface area contributed by atoms with Crippen molar-refractivity contribution in [2.75, 3.05) is 20.3 Å². The lowest BCUT2D eigenvalue weighted by molar-refractivity contribution is -0.108. The van der Waals surface area contributed by atoms with Gasteiger partial charge in [0.05, 0.1) is 37.0 Å². The molecule has 182 valence electrons. The van der Waals surface area contributed by atoms with Gasteiger partial charge in [0.1, 0.15) is 0 Å². The predicted octanol–water partition coefficient (Wildman–Crippen LogP) is 3.57. The molecule has 34 heavy (non-hydrogen) atoms. The molecule has 1 N–H and O–H groups in total. The first kappa shape index (κ1) is 24.4. The molecule has 0 bridgehead atoms. The molecule has 9 heteroatoms. The molecule has 1 amide bonds. The third-order valence-electron chi connectivity index (χ3n) is 5.97. The average Bonchev–Trinajstić information content (AvgIpc) is 3.20. The first-order chi connectivity index (χ1) is 16.1. The van der Waals surface area contributed by atoms with E-state index in [-0.39, 0.29) is 11.9 Å². The molecule has 1 aromatic carbocycles. The fraction of sp³-hybridized carbons (Fsp3) is 0.480. The van der Waals surface area contributed by atoms with Gasteiger partial charge in [-0.1, -0.05) is 23.7 Å². The summed E-state index contributed by atoms with van der Waals surface area (Å²) in [6.45, 7) is 6.43. The van der Waals surface area contributed by atoms with E-state index in [2.05, 4.69) is 10.1 Å². The van der Waals surface area contributed by atoms with Gasteiger partial charge in [-0.25, -0.2) is 9.50 Å². The summed E-state index contributed by atoms with van der Waals surface area (Å²) in [6, 6.07) is 9.21. The first-order valence-electron chi connectivity index (χ1n) is 11.5. The Balaban J connectivity index is 1.61. The molecule has 1 aliphatic rings. The lowest BCUT2D eigenvalue weighted by atomic mass is 10.00.